The van der Waals surface area contributed by atoms with Crippen molar-refractivity contribution in [1.82, 2.24) is 4.57 Å². The maximum atomic E-state index is 13.3. The van der Waals surface area contributed by atoms with Gasteiger partial charge in [0.1, 0.15) is 5.52 Å². The topological polar surface area (TPSA) is 35.1 Å². The molecule has 68 valence electrons. The van der Waals surface area contributed by atoms with E-state index >= 15 is 0 Å². The molecule has 0 N–H and O–H groups in total. The first kappa shape index (κ1) is 8.50. The van der Waals surface area contributed by atoms with Gasteiger partial charge in [-0.1, -0.05) is 15.9 Å². The molecule has 0 aliphatic carbocycles. The van der Waals surface area contributed by atoms with E-state index in [0.717, 1.165) is 4.57 Å². The van der Waals surface area contributed by atoms with E-state index in [1.165, 1.54) is 13.1 Å². The van der Waals surface area contributed by atoms with E-state index < -0.39 is 11.6 Å². The van der Waals surface area contributed by atoms with E-state index in [-0.39, 0.29) is 11.1 Å². The number of fused-ring (bicyclic) bond motifs is 1. The van der Waals surface area contributed by atoms with Crippen molar-refractivity contribution in [3.8, 4) is 0 Å². The standard InChI is InChI=1S/C8H5BrFNO2/c1-11-7-5(10)2-4(9)3-6(7)13-8(11)12/h2-3H,1H3. The summed E-state index contributed by atoms with van der Waals surface area (Å²) in [6.45, 7) is 0. The average Bonchev–Trinajstić information content (AvgIpc) is 2.27. The number of hydrogen-bond acceptors (Lipinski definition) is 2. The van der Waals surface area contributed by atoms with Crippen molar-refractivity contribution >= 4 is 27.0 Å². The summed E-state index contributed by atoms with van der Waals surface area (Å²) in [7, 11) is 1.46. The van der Waals surface area contributed by atoms with Gasteiger partial charge in [0.05, 0.1) is 0 Å². The zero-order chi connectivity index (χ0) is 9.59. The summed E-state index contributed by atoms with van der Waals surface area (Å²) in [5.41, 5.74) is 0.438. The third-order valence-electron chi connectivity index (χ3n) is 1.80. The molecule has 2 aromatic rings. The van der Waals surface area contributed by atoms with Gasteiger partial charge in [-0.15, -0.1) is 0 Å². The van der Waals surface area contributed by atoms with Crippen LogP contribution in [0.3, 0.4) is 0 Å². The first-order valence-electron chi connectivity index (χ1n) is 3.54. The number of benzene rings is 1. The highest BCUT2D eigenvalue weighted by atomic mass is 79.9. The minimum Gasteiger partial charge on any atom is -0.408 e. The summed E-state index contributed by atoms with van der Waals surface area (Å²) >= 11 is 3.11. The molecule has 0 spiro atoms. The second kappa shape index (κ2) is 2.70. The van der Waals surface area contributed by atoms with Gasteiger partial charge in [-0.05, 0) is 12.1 Å². The quantitative estimate of drug-likeness (QED) is 0.712. The van der Waals surface area contributed by atoms with Crippen molar-refractivity contribution in [2.45, 2.75) is 0 Å². The fourth-order valence-electron chi connectivity index (χ4n) is 1.20. The molecule has 3 nitrogen and oxygen atoms in total. The van der Waals surface area contributed by atoms with Crippen LogP contribution >= 0.6 is 15.9 Å². The molecule has 2 rings (SSSR count). The van der Waals surface area contributed by atoms with Crippen molar-refractivity contribution < 1.29 is 8.81 Å². The van der Waals surface area contributed by atoms with Gasteiger partial charge in [-0.3, -0.25) is 4.57 Å². The Morgan fingerprint density at radius 3 is 2.92 bits per heavy atom. The maximum Gasteiger partial charge on any atom is 0.419 e. The summed E-state index contributed by atoms with van der Waals surface area (Å²) in [4.78, 5) is 11.0. The van der Waals surface area contributed by atoms with Crippen LogP contribution in [0.25, 0.3) is 11.1 Å². The molecule has 0 amide bonds. The molecular weight excluding hydrogens is 241 g/mol. The Labute approximate surface area is 80.9 Å². The highest BCUT2D eigenvalue weighted by molar-refractivity contribution is 9.10. The Morgan fingerprint density at radius 1 is 1.54 bits per heavy atom. The smallest absolute Gasteiger partial charge is 0.408 e. The fraction of sp³-hybridized carbons (Fsp3) is 0.125. The molecule has 0 saturated carbocycles. The fourth-order valence-corrected chi connectivity index (χ4v) is 1.61. The number of aryl methyl sites for hydroxylation is 1. The van der Waals surface area contributed by atoms with E-state index in [1.807, 2.05) is 0 Å². The van der Waals surface area contributed by atoms with Crippen LogP contribution in [0.1, 0.15) is 0 Å². The van der Waals surface area contributed by atoms with Crippen molar-refractivity contribution in [3.05, 3.63) is 33.0 Å². The molecule has 1 aromatic heterocycles. The molecule has 0 radical (unpaired) electrons. The van der Waals surface area contributed by atoms with Crippen molar-refractivity contribution in [2.24, 2.45) is 7.05 Å². The zero-order valence-electron chi connectivity index (χ0n) is 6.67. The first-order chi connectivity index (χ1) is 6.09. The average molecular weight is 246 g/mol. The Morgan fingerprint density at radius 2 is 2.23 bits per heavy atom. The lowest BCUT2D eigenvalue weighted by Gasteiger charge is -1.94. The van der Waals surface area contributed by atoms with Crippen LogP contribution < -0.4 is 5.76 Å². The molecule has 0 saturated heterocycles. The van der Waals surface area contributed by atoms with Crippen LogP contribution in [0.4, 0.5) is 4.39 Å². The van der Waals surface area contributed by atoms with Gasteiger partial charge < -0.3 is 4.42 Å². The van der Waals surface area contributed by atoms with Crippen LogP contribution in [0.15, 0.2) is 25.8 Å². The minimum absolute atomic E-state index is 0.188. The van der Waals surface area contributed by atoms with E-state index in [9.17, 15) is 9.18 Å². The van der Waals surface area contributed by atoms with E-state index in [4.69, 9.17) is 4.42 Å². The molecule has 0 atom stereocenters. The predicted octanol–water partition coefficient (Wildman–Crippen LogP) is 2.03. The van der Waals surface area contributed by atoms with Gasteiger partial charge in [0.15, 0.2) is 11.4 Å². The predicted molar refractivity (Wildman–Crippen MR) is 49.1 cm³/mol. The van der Waals surface area contributed by atoms with Gasteiger partial charge >= 0.3 is 5.76 Å². The second-order valence-electron chi connectivity index (χ2n) is 2.66. The number of oxazole rings is 1. The summed E-state index contributed by atoms with van der Waals surface area (Å²) < 4.78 is 19.8. The zero-order valence-corrected chi connectivity index (χ0v) is 8.26. The number of rotatable bonds is 0. The van der Waals surface area contributed by atoms with Gasteiger partial charge in [-0.25, -0.2) is 9.18 Å². The van der Waals surface area contributed by atoms with Crippen molar-refractivity contribution in [2.75, 3.05) is 0 Å². The van der Waals surface area contributed by atoms with Crippen LogP contribution in [-0.4, -0.2) is 4.57 Å². The Hall–Kier alpha value is -1.10. The number of hydrogen-bond donors (Lipinski definition) is 0. The van der Waals surface area contributed by atoms with E-state index in [0.29, 0.717) is 4.47 Å². The monoisotopic (exact) mass is 245 g/mol. The molecule has 1 heterocycles. The lowest BCUT2D eigenvalue weighted by molar-refractivity contribution is 0.527. The highest BCUT2D eigenvalue weighted by Gasteiger charge is 2.11. The molecule has 0 aliphatic heterocycles. The normalized spacial score (nSPS) is 11.0. The maximum absolute atomic E-state index is 13.3. The van der Waals surface area contributed by atoms with E-state index in [1.54, 1.807) is 6.07 Å². The molecule has 0 bridgehead atoms. The van der Waals surface area contributed by atoms with Crippen LogP contribution in [0.2, 0.25) is 0 Å². The third kappa shape index (κ3) is 1.19. The van der Waals surface area contributed by atoms with Crippen LogP contribution in [0.5, 0.6) is 0 Å². The Balaban J connectivity index is 3.03. The van der Waals surface area contributed by atoms with Crippen LogP contribution in [-0.2, 0) is 7.05 Å². The van der Waals surface area contributed by atoms with Crippen molar-refractivity contribution in [3.63, 3.8) is 0 Å². The molecule has 0 aliphatic rings. The summed E-state index contributed by atoms with van der Waals surface area (Å²) in [6, 6.07) is 2.84. The highest BCUT2D eigenvalue weighted by Crippen LogP contribution is 2.21. The second-order valence-corrected chi connectivity index (χ2v) is 3.58. The molecule has 1 aromatic carbocycles. The molecule has 5 heteroatoms. The Bertz CT molecular complexity index is 529. The molecular formula is C8H5BrFNO2. The summed E-state index contributed by atoms with van der Waals surface area (Å²) in [6.07, 6.45) is 0. The lowest BCUT2D eigenvalue weighted by atomic mass is 10.3. The molecule has 0 fully saturated rings. The summed E-state index contributed by atoms with van der Waals surface area (Å²) in [5, 5.41) is 0. The summed E-state index contributed by atoms with van der Waals surface area (Å²) in [5.74, 6) is -1.04. The number of nitrogens with zero attached hydrogens (tertiary/aromatic N) is 1. The van der Waals surface area contributed by atoms with Gasteiger partial charge in [0, 0.05) is 11.5 Å². The SMILES string of the molecule is Cn1c(=O)oc2cc(Br)cc(F)c21. The molecule has 0 unspecified atom stereocenters. The lowest BCUT2D eigenvalue weighted by Crippen LogP contribution is -2.08. The Kier molecular flexibility index (Phi) is 1.76. The van der Waals surface area contributed by atoms with Crippen LogP contribution in [0, 0.1) is 5.82 Å². The number of halogens is 2. The van der Waals surface area contributed by atoms with Gasteiger partial charge in [-0.2, -0.15) is 0 Å². The first-order valence-corrected chi connectivity index (χ1v) is 4.33. The van der Waals surface area contributed by atoms with Gasteiger partial charge in [0.2, 0.25) is 0 Å². The number of aromatic nitrogens is 1. The largest absolute Gasteiger partial charge is 0.419 e. The van der Waals surface area contributed by atoms with Gasteiger partial charge in [0.25, 0.3) is 0 Å². The third-order valence-corrected chi connectivity index (χ3v) is 2.26. The minimum atomic E-state index is -0.563. The van der Waals surface area contributed by atoms with Crippen molar-refractivity contribution in [1.29, 1.82) is 0 Å². The van der Waals surface area contributed by atoms with E-state index in [2.05, 4.69) is 15.9 Å². The molecule has 13 heavy (non-hydrogen) atoms.